The summed E-state index contributed by atoms with van der Waals surface area (Å²) in [4.78, 5) is 10.3. The summed E-state index contributed by atoms with van der Waals surface area (Å²) in [6, 6.07) is 0. The Balaban J connectivity index is 1.83. The van der Waals surface area contributed by atoms with Crippen molar-refractivity contribution >= 4 is 5.91 Å². The quantitative estimate of drug-likeness (QED) is 0.561. The first-order valence-corrected chi connectivity index (χ1v) is 4.28. The molecular weight excluding hydrogens is 140 g/mol. The lowest BCUT2D eigenvalue weighted by molar-refractivity contribution is -0.117. The first kappa shape index (κ1) is 8.53. The number of nitrogens with two attached hydrogens (primary N) is 1. The minimum atomic E-state index is -0.265. The van der Waals surface area contributed by atoms with E-state index in [2.05, 4.69) is 5.32 Å². The molecule has 0 saturated heterocycles. The van der Waals surface area contributed by atoms with Crippen molar-refractivity contribution in [3.8, 4) is 0 Å². The largest absolute Gasteiger partial charge is 0.369 e. The SMILES string of the molecule is NC(=O)CNCCC1CCC1. The summed E-state index contributed by atoms with van der Waals surface area (Å²) in [5, 5.41) is 3.01. The number of carbonyl (C=O) groups excluding carboxylic acids is 1. The summed E-state index contributed by atoms with van der Waals surface area (Å²) < 4.78 is 0. The number of primary amides is 1. The molecule has 0 heterocycles. The Hall–Kier alpha value is -0.570. The molecule has 3 N–H and O–H groups in total. The highest BCUT2D eigenvalue weighted by Gasteiger charge is 2.15. The molecule has 1 rings (SSSR count). The number of nitrogens with one attached hydrogen (secondary N) is 1. The first-order chi connectivity index (χ1) is 5.29. The van der Waals surface area contributed by atoms with Crippen LogP contribution in [-0.2, 0) is 4.79 Å². The molecule has 0 atom stereocenters. The van der Waals surface area contributed by atoms with E-state index in [1.807, 2.05) is 0 Å². The van der Waals surface area contributed by atoms with Gasteiger partial charge in [0, 0.05) is 0 Å². The van der Waals surface area contributed by atoms with E-state index in [9.17, 15) is 4.79 Å². The van der Waals surface area contributed by atoms with Gasteiger partial charge in [0.05, 0.1) is 6.54 Å². The fourth-order valence-corrected chi connectivity index (χ4v) is 1.30. The number of hydrogen-bond acceptors (Lipinski definition) is 2. The first-order valence-electron chi connectivity index (χ1n) is 4.28. The fourth-order valence-electron chi connectivity index (χ4n) is 1.30. The summed E-state index contributed by atoms with van der Waals surface area (Å²) in [6.45, 7) is 1.26. The molecule has 1 aliphatic carbocycles. The summed E-state index contributed by atoms with van der Waals surface area (Å²) in [5.41, 5.74) is 4.95. The van der Waals surface area contributed by atoms with Gasteiger partial charge in [-0.3, -0.25) is 4.79 Å². The van der Waals surface area contributed by atoms with Crippen LogP contribution in [0, 0.1) is 5.92 Å². The van der Waals surface area contributed by atoms with Crippen LogP contribution in [0.15, 0.2) is 0 Å². The maximum atomic E-state index is 10.3. The van der Waals surface area contributed by atoms with Crippen molar-refractivity contribution in [3.63, 3.8) is 0 Å². The maximum absolute atomic E-state index is 10.3. The van der Waals surface area contributed by atoms with Crippen molar-refractivity contribution in [3.05, 3.63) is 0 Å². The number of hydrogen-bond donors (Lipinski definition) is 2. The fraction of sp³-hybridized carbons (Fsp3) is 0.875. The Morgan fingerprint density at radius 2 is 2.27 bits per heavy atom. The summed E-state index contributed by atoms with van der Waals surface area (Å²) in [6.07, 6.45) is 5.34. The van der Waals surface area contributed by atoms with Crippen LogP contribution >= 0.6 is 0 Å². The van der Waals surface area contributed by atoms with Crippen molar-refractivity contribution in [1.29, 1.82) is 0 Å². The van der Waals surface area contributed by atoms with Crippen LogP contribution in [0.1, 0.15) is 25.7 Å². The van der Waals surface area contributed by atoms with Crippen LogP contribution in [0.4, 0.5) is 0 Å². The predicted molar refractivity (Wildman–Crippen MR) is 44.0 cm³/mol. The highest BCUT2D eigenvalue weighted by atomic mass is 16.1. The van der Waals surface area contributed by atoms with Gasteiger partial charge in [-0.1, -0.05) is 19.3 Å². The van der Waals surface area contributed by atoms with E-state index in [0.717, 1.165) is 12.5 Å². The smallest absolute Gasteiger partial charge is 0.231 e. The second-order valence-electron chi connectivity index (χ2n) is 3.23. The summed E-state index contributed by atoms with van der Waals surface area (Å²) in [7, 11) is 0. The van der Waals surface area contributed by atoms with Gasteiger partial charge >= 0.3 is 0 Å². The molecule has 0 radical (unpaired) electrons. The Labute approximate surface area is 67.3 Å². The monoisotopic (exact) mass is 156 g/mol. The molecule has 0 aromatic rings. The zero-order valence-electron chi connectivity index (χ0n) is 6.81. The standard InChI is InChI=1S/C8H16N2O/c9-8(11)6-10-5-4-7-2-1-3-7/h7,10H,1-6H2,(H2,9,11). The van der Waals surface area contributed by atoms with Crippen molar-refractivity contribution < 1.29 is 4.79 Å². The topological polar surface area (TPSA) is 55.1 Å². The molecule has 11 heavy (non-hydrogen) atoms. The molecular formula is C8H16N2O. The van der Waals surface area contributed by atoms with Crippen molar-refractivity contribution in [2.75, 3.05) is 13.1 Å². The van der Waals surface area contributed by atoms with Crippen LogP contribution in [0.3, 0.4) is 0 Å². The van der Waals surface area contributed by atoms with E-state index in [1.54, 1.807) is 0 Å². The normalized spacial score (nSPS) is 17.8. The number of rotatable bonds is 5. The average molecular weight is 156 g/mol. The van der Waals surface area contributed by atoms with Gasteiger partial charge in [0.15, 0.2) is 0 Å². The number of amides is 1. The molecule has 1 saturated carbocycles. The van der Waals surface area contributed by atoms with Gasteiger partial charge in [-0.05, 0) is 18.9 Å². The van der Waals surface area contributed by atoms with Gasteiger partial charge < -0.3 is 11.1 Å². The molecule has 1 aliphatic rings. The zero-order valence-corrected chi connectivity index (χ0v) is 6.81. The average Bonchev–Trinajstić information content (AvgIpc) is 1.82. The third kappa shape index (κ3) is 3.37. The molecule has 0 aliphatic heterocycles. The molecule has 64 valence electrons. The van der Waals surface area contributed by atoms with Gasteiger partial charge in [-0.25, -0.2) is 0 Å². The summed E-state index contributed by atoms with van der Waals surface area (Å²) >= 11 is 0. The summed E-state index contributed by atoms with van der Waals surface area (Å²) in [5.74, 6) is 0.647. The van der Waals surface area contributed by atoms with Crippen LogP contribution in [0.25, 0.3) is 0 Å². The van der Waals surface area contributed by atoms with Gasteiger partial charge in [0.1, 0.15) is 0 Å². The third-order valence-electron chi connectivity index (χ3n) is 2.25. The van der Waals surface area contributed by atoms with E-state index in [-0.39, 0.29) is 5.91 Å². The second kappa shape index (κ2) is 4.34. The number of carbonyl (C=O) groups is 1. The molecule has 0 spiro atoms. The lowest BCUT2D eigenvalue weighted by Crippen LogP contribution is -2.30. The van der Waals surface area contributed by atoms with Crippen LogP contribution in [-0.4, -0.2) is 19.0 Å². The Morgan fingerprint density at radius 3 is 2.73 bits per heavy atom. The molecule has 1 amide bonds. The van der Waals surface area contributed by atoms with Gasteiger partial charge in [-0.2, -0.15) is 0 Å². The van der Waals surface area contributed by atoms with Gasteiger partial charge in [0.2, 0.25) is 5.91 Å². The molecule has 0 aromatic heterocycles. The van der Waals surface area contributed by atoms with Crippen LogP contribution in [0.5, 0.6) is 0 Å². The van der Waals surface area contributed by atoms with Crippen molar-refractivity contribution in [1.82, 2.24) is 5.32 Å². The molecule has 1 fully saturated rings. The van der Waals surface area contributed by atoms with Crippen LogP contribution < -0.4 is 11.1 Å². The molecule has 3 nitrogen and oxygen atoms in total. The molecule has 0 bridgehead atoms. The molecule has 0 aromatic carbocycles. The lowest BCUT2D eigenvalue weighted by Gasteiger charge is -2.24. The Kier molecular flexibility index (Phi) is 3.36. The van der Waals surface area contributed by atoms with Gasteiger partial charge in [-0.15, -0.1) is 0 Å². The lowest BCUT2D eigenvalue weighted by atomic mass is 9.83. The van der Waals surface area contributed by atoms with Crippen molar-refractivity contribution in [2.45, 2.75) is 25.7 Å². The minimum Gasteiger partial charge on any atom is -0.369 e. The molecule has 3 heteroatoms. The van der Waals surface area contributed by atoms with Crippen LogP contribution in [0.2, 0.25) is 0 Å². The van der Waals surface area contributed by atoms with Gasteiger partial charge in [0.25, 0.3) is 0 Å². The van der Waals surface area contributed by atoms with Crippen molar-refractivity contribution in [2.24, 2.45) is 11.7 Å². The Bertz CT molecular complexity index is 132. The zero-order chi connectivity index (χ0) is 8.10. The van der Waals surface area contributed by atoms with E-state index < -0.39 is 0 Å². The third-order valence-corrected chi connectivity index (χ3v) is 2.25. The minimum absolute atomic E-state index is 0.265. The molecule has 0 unspecified atom stereocenters. The Morgan fingerprint density at radius 1 is 1.55 bits per heavy atom. The maximum Gasteiger partial charge on any atom is 0.231 e. The van der Waals surface area contributed by atoms with E-state index in [1.165, 1.54) is 25.7 Å². The van der Waals surface area contributed by atoms with E-state index in [0.29, 0.717) is 6.54 Å². The van der Waals surface area contributed by atoms with E-state index >= 15 is 0 Å². The predicted octanol–water partition coefficient (Wildman–Crippen LogP) is 0.251. The second-order valence-corrected chi connectivity index (χ2v) is 3.23. The highest BCUT2D eigenvalue weighted by molar-refractivity contribution is 5.75. The highest BCUT2D eigenvalue weighted by Crippen LogP contribution is 2.28. The van der Waals surface area contributed by atoms with E-state index in [4.69, 9.17) is 5.73 Å².